The van der Waals surface area contributed by atoms with E-state index in [1.807, 2.05) is 12.1 Å². The number of nitrogens with one attached hydrogen (secondary N) is 2. The van der Waals surface area contributed by atoms with Crippen molar-refractivity contribution in [1.29, 1.82) is 5.26 Å². The third-order valence-electron chi connectivity index (χ3n) is 5.94. The van der Waals surface area contributed by atoms with Crippen molar-refractivity contribution in [3.05, 3.63) is 94.9 Å². The minimum absolute atomic E-state index is 0.124. The van der Waals surface area contributed by atoms with Gasteiger partial charge in [-0.1, -0.05) is 22.9 Å². The van der Waals surface area contributed by atoms with Crippen LogP contribution in [-0.2, 0) is 0 Å². The van der Waals surface area contributed by atoms with Crippen molar-refractivity contribution in [1.82, 2.24) is 29.9 Å². The van der Waals surface area contributed by atoms with E-state index in [0.717, 1.165) is 17.8 Å². The molecule has 196 valence electrons. The van der Waals surface area contributed by atoms with Gasteiger partial charge in [0, 0.05) is 35.7 Å². The van der Waals surface area contributed by atoms with Gasteiger partial charge in [-0.3, -0.25) is 9.97 Å². The van der Waals surface area contributed by atoms with E-state index in [1.54, 1.807) is 43.7 Å². The number of rotatable bonds is 8. The van der Waals surface area contributed by atoms with Crippen LogP contribution in [0.1, 0.15) is 35.8 Å². The summed E-state index contributed by atoms with van der Waals surface area (Å²) in [5, 5.41) is 25.0. The van der Waals surface area contributed by atoms with Crippen molar-refractivity contribution >= 4 is 39.6 Å². The zero-order valence-electron chi connectivity index (χ0n) is 20.3. The summed E-state index contributed by atoms with van der Waals surface area (Å²) in [6.45, 7) is 1.08. The standard InChI is InChI=1S/C26H19ClF3N9/c1-14(8-28)39-13-22(37-38-39)24(15-3-2-4-32-10-15)35-17-5-19-23(36-18-7-21(29)26(30)34-12-18)16(9-31)11-33-25(19)20(27)6-17/h2-7,10-14,24,35H,8H2,1H3,(H,33,36)/t14?,24-/m0/s1. The van der Waals surface area contributed by atoms with Crippen molar-refractivity contribution < 1.29 is 13.2 Å². The fourth-order valence-corrected chi connectivity index (χ4v) is 4.21. The Kier molecular flexibility index (Phi) is 7.25. The first-order valence-electron chi connectivity index (χ1n) is 11.6. The Bertz CT molecular complexity index is 1690. The Balaban J connectivity index is 1.60. The average molecular weight is 550 g/mol. The van der Waals surface area contributed by atoms with Crippen LogP contribution < -0.4 is 10.6 Å². The Labute approximate surface area is 225 Å². The molecule has 9 nitrogen and oxygen atoms in total. The second-order valence-electron chi connectivity index (χ2n) is 8.62. The Morgan fingerprint density at radius 1 is 1.13 bits per heavy atom. The van der Waals surface area contributed by atoms with Crippen LogP contribution >= 0.6 is 11.6 Å². The quantitative estimate of drug-likeness (QED) is 0.230. The molecule has 1 unspecified atom stereocenters. The Hall–Kier alpha value is -4.76. The molecule has 2 atom stereocenters. The molecule has 39 heavy (non-hydrogen) atoms. The lowest BCUT2D eigenvalue weighted by Crippen LogP contribution is -2.13. The first-order valence-corrected chi connectivity index (χ1v) is 12.0. The molecule has 4 heterocycles. The fourth-order valence-electron chi connectivity index (χ4n) is 3.95. The molecular formula is C26H19ClF3N9. The molecular weight excluding hydrogens is 531 g/mol. The lowest BCUT2D eigenvalue weighted by molar-refractivity contribution is 0.351. The number of anilines is 3. The van der Waals surface area contributed by atoms with Gasteiger partial charge in [-0.25, -0.2) is 18.4 Å². The third-order valence-corrected chi connectivity index (χ3v) is 6.23. The van der Waals surface area contributed by atoms with Crippen LogP contribution in [-0.4, -0.2) is 36.6 Å². The molecule has 0 saturated carbocycles. The summed E-state index contributed by atoms with van der Waals surface area (Å²) in [6.07, 6.45) is 7.39. The SMILES string of the molecule is CC(CF)n1cc([C@@H](Nc2cc(Cl)c3ncc(C#N)c(Nc4cnc(F)c(F)c4)c3c2)c2cccnc2)nn1. The largest absolute Gasteiger partial charge is 0.373 e. The van der Waals surface area contributed by atoms with Crippen molar-refractivity contribution in [3.8, 4) is 6.07 Å². The van der Waals surface area contributed by atoms with E-state index in [1.165, 1.54) is 10.9 Å². The van der Waals surface area contributed by atoms with E-state index in [9.17, 15) is 18.4 Å². The van der Waals surface area contributed by atoms with Crippen LogP contribution in [0.3, 0.4) is 0 Å². The molecule has 1 aromatic carbocycles. The molecule has 0 aliphatic heterocycles. The molecule has 0 bridgehead atoms. The molecule has 13 heteroatoms. The molecule has 0 spiro atoms. The molecule has 0 radical (unpaired) electrons. The number of aromatic nitrogens is 6. The van der Waals surface area contributed by atoms with Crippen molar-refractivity contribution in [2.24, 2.45) is 0 Å². The minimum atomic E-state index is -1.24. The number of hydrogen-bond donors (Lipinski definition) is 2. The van der Waals surface area contributed by atoms with E-state index < -0.39 is 30.5 Å². The molecule has 5 aromatic rings. The number of pyridine rings is 3. The first kappa shape index (κ1) is 25.9. The average Bonchev–Trinajstić information content (AvgIpc) is 3.44. The summed E-state index contributed by atoms with van der Waals surface area (Å²) in [5.74, 6) is -2.39. The van der Waals surface area contributed by atoms with E-state index in [4.69, 9.17) is 11.6 Å². The van der Waals surface area contributed by atoms with Crippen LogP contribution in [0.5, 0.6) is 0 Å². The smallest absolute Gasteiger partial charge is 0.249 e. The molecule has 0 aliphatic carbocycles. The van der Waals surface area contributed by atoms with Crippen molar-refractivity contribution in [3.63, 3.8) is 0 Å². The van der Waals surface area contributed by atoms with E-state index in [0.29, 0.717) is 22.3 Å². The van der Waals surface area contributed by atoms with E-state index in [2.05, 4.69) is 35.9 Å². The highest BCUT2D eigenvalue weighted by Gasteiger charge is 2.21. The highest BCUT2D eigenvalue weighted by atomic mass is 35.5. The van der Waals surface area contributed by atoms with Crippen LogP contribution in [0, 0.1) is 23.1 Å². The highest BCUT2D eigenvalue weighted by Crippen LogP contribution is 2.36. The van der Waals surface area contributed by atoms with Gasteiger partial charge in [0.2, 0.25) is 5.95 Å². The molecule has 0 aliphatic rings. The van der Waals surface area contributed by atoms with Crippen LogP contribution in [0.25, 0.3) is 10.9 Å². The molecule has 0 fully saturated rings. The van der Waals surface area contributed by atoms with Gasteiger partial charge in [-0.05, 0) is 30.7 Å². The third kappa shape index (κ3) is 5.30. The van der Waals surface area contributed by atoms with Crippen LogP contribution in [0.4, 0.5) is 30.2 Å². The number of alkyl halides is 1. The Morgan fingerprint density at radius 2 is 1.97 bits per heavy atom. The molecule has 0 saturated heterocycles. The second-order valence-corrected chi connectivity index (χ2v) is 9.03. The van der Waals surface area contributed by atoms with Gasteiger partial charge in [-0.2, -0.15) is 9.65 Å². The molecule has 4 aromatic heterocycles. The second kappa shape index (κ2) is 10.9. The number of hydrogen-bond acceptors (Lipinski definition) is 8. The normalized spacial score (nSPS) is 12.6. The summed E-state index contributed by atoms with van der Waals surface area (Å²) in [4.78, 5) is 11.9. The van der Waals surface area contributed by atoms with Gasteiger partial charge in [0.1, 0.15) is 18.4 Å². The summed E-state index contributed by atoms with van der Waals surface area (Å²) in [5.41, 5.74) is 2.71. The van der Waals surface area contributed by atoms with Gasteiger partial charge < -0.3 is 10.6 Å². The fraction of sp³-hybridized carbons (Fsp3) is 0.154. The monoisotopic (exact) mass is 549 g/mol. The highest BCUT2D eigenvalue weighted by molar-refractivity contribution is 6.36. The maximum atomic E-state index is 13.8. The van der Waals surface area contributed by atoms with Crippen LogP contribution in [0.15, 0.2) is 61.3 Å². The lowest BCUT2D eigenvalue weighted by Gasteiger charge is -2.20. The van der Waals surface area contributed by atoms with Gasteiger partial charge >= 0.3 is 0 Å². The Morgan fingerprint density at radius 3 is 2.69 bits per heavy atom. The minimum Gasteiger partial charge on any atom is -0.373 e. The maximum absolute atomic E-state index is 13.8. The number of nitriles is 1. The zero-order chi connectivity index (χ0) is 27.5. The van der Waals surface area contributed by atoms with Gasteiger partial charge in [0.15, 0.2) is 5.82 Å². The first-order chi connectivity index (χ1) is 18.9. The maximum Gasteiger partial charge on any atom is 0.249 e. The predicted molar refractivity (Wildman–Crippen MR) is 139 cm³/mol. The molecule has 0 amide bonds. The molecule has 2 N–H and O–H groups in total. The van der Waals surface area contributed by atoms with Crippen LogP contribution in [0.2, 0.25) is 5.02 Å². The number of nitrogens with zero attached hydrogens (tertiary/aromatic N) is 7. The summed E-state index contributed by atoms with van der Waals surface area (Å²) >= 11 is 6.60. The number of halogens is 4. The summed E-state index contributed by atoms with van der Waals surface area (Å²) < 4.78 is 41.9. The number of benzene rings is 1. The summed E-state index contributed by atoms with van der Waals surface area (Å²) in [6, 6.07) is 8.92. The number of fused-ring (bicyclic) bond motifs is 1. The topological polar surface area (TPSA) is 117 Å². The molecule has 5 rings (SSSR count). The van der Waals surface area contributed by atoms with Crippen molar-refractivity contribution in [2.45, 2.75) is 19.0 Å². The summed E-state index contributed by atoms with van der Waals surface area (Å²) in [7, 11) is 0. The van der Waals surface area contributed by atoms with E-state index in [-0.39, 0.29) is 22.0 Å². The van der Waals surface area contributed by atoms with E-state index >= 15 is 0 Å². The van der Waals surface area contributed by atoms with Gasteiger partial charge in [0.25, 0.3) is 0 Å². The van der Waals surface area contributed by atoms with Gasteiger partial charge in [-0.15, -0.1) is 5.10 Å². The lowest BCUT2D eigenvalue weighted by atomic mass is 10.0. The van der Waals surface area contributed by atoms with Crippen molar-refractivity contribution in [2.75, 3.05) is 17.3 Å². The van der Waals surface area contributed by atoms with Gasteiger partial charge in [0.05, 0.1) is 52.0 Å². The predicted octanol–water partition coefficient (Wildman–Crippen LogP) is 5.90. The zero-order valence-corrected chi connectivity index (χ0v) is 21.0.